The van der Waals surface area contributed by atoms with Crippen molar-refractivity contribution in [1.29, 1.82) is 0 Å². The number of nitrogens with one attached hydrogen (secondary N) is 1. The number of ether oxygens (including phenoxy) is 1. The van der Waals surface area contributed by atoms with Crippen LogP contribution in [0.15, 0.2) is 42.5 Å². The number of rotatable bonds is 5. The second-order valence-corrected chi connectivity index (χ2v) is 6.51. The molecule has 0 amide bonds. The van der Waals surface area contributed by atoms with Gasteiger partial charge in [0.05, 0.1) is 5.02 Å². The third kappa shape index (κ3) is 4.65. The van der Waals surface area contributed by atoms with E-state index in [0.29, 0.717) is 16.8 Å². The molecule has 0 aliphatic carbocycles. The summed E-state index contributed by atoms with van der Waals surface area (Å²) in [6.07, 6.45) is 0. The molecule has 0 unspecified atom stereocenters. The normalized spacial score (nSPS) is 10.8. The highest BCUT2D eigenvalue weighted by Gasteiger charge is 2.05. The molecule has 0 saturated heterocycles. The Balaban J connectivity index is 2.09. The molecule has 20 heavy (non-hydrogen) atoms. The lowest BCUT2D eigenvalue weighted by molar-refractivity contribution is 0.482. The first-order chi connectivity index (χ1) is 9.54. The van der Waals surface area contributed by atoms with Gasteiger partial charge in [0.25, 0.3) is 0 Å². The van der Waals surface area contributed by atoms with E-state index >= 15 is 0 Å². The smallest absolute Gasteiger partial charge is 0.146 e. The van der Waals surface area contributed by atoms with Crippen molar-refractivity contribution in [2.24, 2.45) is 0 Å². The summed E-state index contributed by atoms with van der Waals surface area (Å²) in [7, 11) is 0. The van der Waals surface area contributed by atoms with Gasteiger partial charge in [0, 0.05) is 16.2 Å². The Labute approximate surface area is 138 Å². The summed E-state index contributed by atoms with van der Waals surface area (Å²) in [5.74, 6) is 1.48. The van der Waals surface area contributed by atoms with Crippen molar-refractivity contribution in [3.8, 4) is 11.5 Å². The van der Waals surface area contributed by atoms with Gasteiger partial charge in [-0.15, -0.1) is 0 Å². The molecule has 2 nitrogen and oxygen atoms in total. The van der Waals surface area contributed by atoms with E-state index in [9.17, 15) is 0 Å². The van der Waals surface area contributed by atoms with Crippen LogP contribution in [0.1, 0.15) is 19.4 Å². The van der Waals surface area contributed by atoms with Crippen LogP contribution in [-0.4, -0.2) is 6.04 Å². The van der Waals surface area contributed by atoms with Crippen LogP contribution in [0.4, 0.5) is 0 Å². The maximum absolute atomic E-state index is 6.28. The van der Waals surface area contributed by atoms with E-state index in [1.54, 1.807) is 0 Å². The van der Waals surface area contributed by atoms with Crippen LogP contribution in [0.25, 0.3) is 0 Å². The zero-order valence-corrected chi connectivity index (χ0v) is 14.4. The van der Waals surface area contributed by atoms with Gasteiger partial charge in [-0.25, -0.2) is 0 Å². The van der Waals surface area contributed by atoms with E-state index in [1.165, 1.54) is 0 Å². The largest absolute Gasteiger partial charge is 0.456 e. The van der Waals surface area contributed by atoms with E-state index in [0.717, 1.165) is 21.4 Å². The van der Waals surface area contributed by atoms with Crippen molar-refractivity contribution in [2.45, 2.75) is 26.4 Å². The Morgan fingerprint density at radius 1 is 1.20 bits per heavy atom. The van der Waals surface area contributed by atoms with Gasteiger partial charge >= 0.3 is 0 Å². The zero-order valence-electron chi connectivity index (χ0n) is 11.5. The molecule has 106 valence electrons. The molecule has 0 fully saturated rings. The standard InChI is InChI=1S/C16H17ClINO/c1-11(2)19-10-12-6-7-16(15(17)8-12)20-14-5-3-4-13(18)9-14/h3-9,11,19H,10H2,1-2H3. The summed E-state index contributed by atoms with van der Waals surface area (Å²) in [6, 6.07) is 14.2. The molecule has 1 N–H and O–H groups in total. The molecule has 0 aromatic heterocycles. The summed E-state index contributed by atoms with van der Waals surface area (Å²) in [4.78, 5) is 0. The molecule has 0 bridgehead atoms. The first-order valence-corrected chi connectivity index (χ1v) is 7.95. The molecule has 0 spiro atoms. The van der Waals surface area contributed by atoms with E-state index in [2.05, 4.69) is 41.8 Å². The van der Waals surface area contributed by atoms with Crippen molar-refractivity contribution in [1.82, 2.24) is 5.32 Å². The lowest BCUT2D eigenvalue weighted by Crippen LogP contribution is -2.21. The number of hydrogen-bond acceptors (Lipinski definition) is 2. The molecule has 4 heteroatoms. The van der Waals surface area contributed by atoms with Gasteiger partial charge < -0.3 is 10.1 Å². The van der Waals surface area contributed by atoms with Crippen LogP contribution >= 0.6 is 34.2 Å². The van der Waals surface area contributed by atoms with Gasteiger partial charge in [-0.3, -0.25) is 0 Å². The molecular formula is C16H17ClINO. The van der Waals surface area contributed by atoms with Crippen LogP contribution in [0, 0.1) is 3.57 Å². The van der Waals surface area contributed by atoms with Gasteiger partial charge in [0.2, 0.25) is 0 Å². The molecule has 2 aromatic rings. The molecule has 0 saturated carbocycles. The molecule has 0 heterocycles. The lowest BCUT2D eigenvalue weighted by Gasteiger charge is -2.11. The maximum Gasteiger partial charge on any atom is 0.146 e. The minimum atomic E-state index is 0.455. The summed E-state index contributed by atoms with van der Waals surface area (Å²) < 4.78 is 6.95. The summed E-state index contributed by atoms with van der Waals surface area (Å²) in [6.45, 7) is 5.05. The fraction of sp³-hybridized carbons (Fsp3) is 0.250. The van der Waals surface area contributed by atoms with Crippen LogP contribution in [-0.2, 0) is 6.54 Å². The molecular weight excluding hydrogens is 385 g/mol. The fourth-order valence-electron chi connectivity index (χ4n) is 1.72. The minimum absolute atomic E-state index is 0.455. The van der Waals surface area contributed by atoms with Crippen LogP contribution in [0.5, 0.6) is 11.5 Å². The van der Waals surface area contributed by atoms with Gasteiger partial charge in [-0.05, 0) is 58.5 Å². The van der Waals surface area contributed by atoms with Crippen LogP contribution in [0.3, 0.4) is 0 Å². The predicted octanol–water partition coefficient (Wildman–Crippen LogP) is 5.23. The number of halogens is 2. The third-order valence-electron chi connectivity index (χ3n) is 2.73. The second-order valence-electron chi connectivity index (χ2n) is 4.86. The second kappa shape index (κ2) is 7.29. The molecule has 0 radical (unpaired) electrons. The van der Waals surface area contributed by atoms with Crippen molar-refractivity contribution >= 4 is 34.2 Å². The average molecular weight is 402 g/mol. The molecule has 2 rings (SSSR count). The maximum atomic E-state index is 6.28. The average Bonchev–Trinajstić information content (AvgIpc) is 2.39. The van der Waals surface area contributed by atoms with E-state index in [4.69, 9.17) is 16.3 Å². The first-order valence-electron chi connectivity index (χ1n) is 6.50. The van der Waals surface area contributed by atoms with Crippen molar-refractivity contribution in [2.75, 3.05) is 0 Å². The topological polar surface area (TPSA) is 21.3 Å². The highest BCUT2D eigenvalue weighted by atomic mass is 127. The summed E-state index contributed by atoms with van der Waals surface area (Å²) in [5, 5.41) is 4.00. The van der Waals surface area contributed by atoms with Crippen LogP contribution < -0.4 is 10.1 Å². The van der Waals surface area contributed by atoms with Crippen molar-refractivity contribution < 1.29 is 4.74 Å². The Kier molecular flexibility index (Phi) is 5.69. The zero-order chi connectivity index (χ0) is 14.5. The van der Waals surface area contributed by atoms with Gasteiger partial charge in [0.15, 0.2) is 0 Å². The molecule has 0 atom stereocenters. The van der Waals surface area contributed by atoms with E-state index in [-0.39, 0.29) is 0 Å². The number of hydrogen-bond donors (Lipinski definition) is 1. The van der Waals surface area contributed by atoms with Crippen molar-refractivity contribution in [3.63, 3.8) is 0 Å². The van der Waals surface area contributed by atoms with Gasteiger partial charge in [-0.1, -0.05) is 37.6 Å². The molecule has 2 aromatic carbocycles. The summed E-state index contributed by atoms with van der Waals surface area (Å²) >= 11 is 8.54. The predicted molar refractivity (Wildman–Crippen MR) is 92.7 cm³/mol. The lowest BCUT2D eigenvalue weighted by atomic mass is 10.2. The summed E-state index contributed by atoms with van der Waals surface area (Å²) in [5.41, 5.74) is 1.15. The highest BCUT2D eigenvalue weighted by Crippen LogP contribution is 2.30. The Bertz CT molecular complexity index is 586. The van der Waals surface area contributed by atoms with E-state index < -0.39 is 0 Å². The monoisotopic (exact) mass is 401 g/mol. The number of benzene rings is 2. The minimum Gasteiger partial charge on any atom is -0.456 e. The van der Waals surface area contributed by atoms with Crippen molar-refractivity contribution in [3.05, 3.63) is 56.6 Å². The highest BCUT2D eigenvalue weighted by molar-refractivity contribution is 14.1. The van der Waals surface area contributed by atoms with E-state index in [1.807, 2.05) is 42.5 Å². The van der Waals surface area contributed by atoms with Crippen LogP contribution in [0.2, 0.25) is 5.02 Å². The molecule has 0 aliphatic rings. The van der Waals surface area contributed by atoms with Gasteiger partial charge in [0.1, 0.15) is 11.5 Å². The Morgan fingerprint density at radius 2 is 2.00 bits per heavy atom. The molecule has 0 aliphatic heterocycles. The quantitative estimate of drug-likeness (QED) is 0.692. The van der Waals surface area contributed by atoms with Gasteiger partial charge in [-0.2, -0.15) is 0 Å². The fourth-order valence-corrected chi connectivity index (χ4v) is 2.47. The Morgan fingerprint density at radius 3 is 2.65 bits per heavy atom. The Hall–Kier alpha value is -0.780. The SMILES string of the molecule is CC(C)NCc1ccc(Oc2cccc(I)c2)c(Cl)c1. The first kappa shape index (κ1) is 15.6. The third-order valence-corrected chi connectivity index (χ3v) is 3.70.